The van der Waals surface area contributed by atoms with E-state index in [4.69, 9.17) is 5.73 Å². The predicted molar refractivity (Wildman–Crippen MR) is 72.8 cm³/mol. The van der Waals surface area contributed by atoms with Gasteiger partial charge < -0.3 is 5.73 Å². The van der Waals surface area contributed by atoms with Crippen molar-refractivity contribution in [3.8, 4) is 0 Å². The summed E-state index contributed by atoms with van der Waals surface area (Å²) >= 11 is 0. The van der Waals surface area contributed by atoms with Gasteiger partial charge in [-0.1, -0.05) is 0 Å². The Morgan fingerprint density at radius 2 is 1.62 bits per heavy atom. The van der Waals surface area contributed by atoms with Crippen LogP contribution in [0.5, 0.6) is 0 Å². The third-order valence-corrected chi connectivity index (χ3v) is 6.45. The van der Waals surface area contributed by atoms with Crippen molar-refractivity contribution >= 4 is 25.5 Å². The second-order valence-electron chi connectivity index (χ2n) is 4.86. The van der Waals surface area contributed by atoms with E-state index < -0.39 is 42.4 Å². The number of hydrogen-bond acceptors (Lipinski definition) is 5. The number of anilines is 1. The zero-order chi connectivity index (χ0) is 15.8. The van der Waals surface area contributed by atoms with Gasteiger partial charge in [-0.05, 0) is 25.0 Å². The van der Waals surface area contributed by atoms with Crippen LogP contribution in [-0.4, -0.2) is 34.4 Å². The SMILES string of the molecule is Nc1cc(F)c(S(=O)(=O)NC2CCS(=O)(=O)CC2)c(F)c1. The Morgan fingerprint density at radius 1 is 1.14 bits per heavy atom. The fraction of sp³-hybridized carbons (Fsp3) is 0.455. The predicted octanol–water partition coefficient (Wildman–Crippen LogP) is 0.402. The number of nitrogen functional groups attached to an aromatic ring is 1. The molecule has 1 aromatic rings. The first kappa shape index (κ1) is 16.1. The zero-order valence-corrected chi connectivity index (χ0v) is 12.5. The van der Waals surface area contributed by atoms with Gasteiger partial charge >= 0.3 is 0 Å². The van der Waals surface area contributed by atoms with E-state index in [2.05, 4.69) is 4.72 Å². The second kappa shape index (κ2) is 5.50. The molecule has 1 fully saturated rings. The number of benzene rings is 1. The molecule has 0 bridgehead atoms. The molecule has 0 amide bonds. The highest BCUT2D eigenvalue weighted by atomic mass is 32.2. The van der Waals surface area contributed by atoms with E-state index in [-0.39, 0.29) is 30.0 Å². The molecule has 0 atom stereocenters. The largest absolute Gasteiger partial charge is 0.399 e. The van der Waals surface area contributed by atoms with Crippen LogP contribution in [0.4, 0.5) is 14.5 Å². The maximum absolute atomic E-state index is 13.6. The lowest BCUT2D eigenvalue weighted by molar-refractivity contribution is 0.487. The normalized spacial score (nSPS) is 19.5. The summed E-state index contributed by atoms with van der Waals surface area (Å²) in [5.74, 6) is -2.90. The summed E-state index contributed by atoms with van der Waals surface area (Å²) in [5.41, 5.74) is 4.99. The molecule has 3 N–H and O–H groups in total. The quantitative estimate of drug-likeness (QED) is 0.775. The van der Waals surface area contributed by atoms with Crippen molar-refractivity contribution in [2.24, 2.45) is 0 Å². The highest BCUT2D eigenvalue weighted by Crippen LogP contribution is 2.23. The summed E-state index contributed by atoms with van der Waals surface area (Å²) in [6.45, 7) is 0. The lowest BCUT2D eigenvalue weighted by atomic mass is 10.2. The molecule has 0 spiro atoms. The maximum Gasteiger partial charge on any atom is 0.246 e. The first-order valence-electron chi connectivity index (χ1n) is 6.08. The summed E-state index contributed by atoms with van der Waals surface area (Å²) in [7, 11) is -7.58. The number of sulfone groups is 1. The Bertz CT molecular complexity index is 725. The summed E-state index contributed by atoms with van der Waals surface area (Å²) in [6, 6.07) is 0.751. The fourth-order valence-corrected chi connectivity index (χ4v) is 5.04. The highest BCUT2D eigenvalue weighted by molar-refractivity contribution is 7.91. The van der Waals surface area contributed by atoms with Gasteiger partial charge in [-0.3, -0.25) is 0 Å². The Morgan fingerprint density at radius 3 is 2.10 bits per heavy atom. The fourth-order valence-electron chi connectivity index (χ4n) is 2.12. The van der Waals surface area contributed by atoms with Gasteiger partial charge in [-0.25, -0.2) is 30.3 Å². The van der Waals surface area contributed by atoms with Gasteiger partial charge in [0.2, 0.25) is 10.0 Å². The van der Waals surface area contributed by atoms with Crippen LogP contribution in [0.3, 0.4) is 0 Å². The number of rotatable bonds is 3. The van der Waals surface area contributed by atoms with Gasteiger partial charge in [-0.2, -0.15) is 0 Å². The van der Waals surface area contributed by atoms with Crippen LogP contribution in [0, 0.1) is 11.6 Å². The van der Waals surface area contributed by atoms with Crippen molar-refractivity contribution in [2.45, 2.75) is 23.8 Å². The molecule has 1 heterocycles. The van der Waals surface area contributed by atoms with Crippen molar-refractivity contribution < 1.29 is 25.6 Å². The summed E-state index contributed by atoms with van der Waals surface area (Å²) in [6.07, 6.45) is 0.138. The van der Waals surface area contributed by atoms with Gasteiger partial charge in [0, 0.05) is 11.7 Å². The average Bonchev–Trinajstić information content (AvgIpc) is 2.30. The van der Waals surface area contributed by atoms with E-state index in [0.29, 0.717) is 12.1 Å². The molecule has 0 saturated carbocycles. The molecule has 0 aliphatic carbocycles. The van der Waals surface area contributed by atoms with Gasteiger partial charge in [0.1, 0.15) is 21.5 Å². The van der Waals surface area contributed by atoms with Gasteiger partial charge in [0.25, 0.3) is 0 Å². The molecule has 1 aliphatic rings. The smallest absolute Gasteiger partial charge is 0.246 e. The van der Waals surface area contributed by atoms with Crippen LogP contribution >= 0.6 is 0 Å². The van der Waals surface area contributed by atoms with Crippen molar-refractivity contribution in [3.63, 3.8) is 0 Å². The Labute approximate surface area is 121 Å². The number of nitrogens with two attached hydrogens (primary N) is 1. The molecule has 21 heavy (non-hydrogen) atoms. The molecule has 0 radical (unpaired) electrons. The van der Waals surface area contributed by atoms with Crippen LogP contribution in [-0.2, 0) is 19.9 Å². The highest BCUT2D eigenvalue weighted by Gasteiger charge is 2.31. The molecule has 1 saturated heterocycles. The monoisotopic (exact) mass is 340 g/mol. The van der Waals surface area contributed by atoms with Crippen molar-refractivity contribution in [1.29, 1.82) is 0 Å². The van der Waals surface area contributed by atoms with Gasteiger partial charge in [-0.15, -0.1) is 0 Å². The summed E-state index contributed by atoms with van der Waals surface area (Å²) in [4.78, 5) is -1.11. The molecule has 1 aromatic carbocycles. The maximum atomic E-state index is 13.6. The first-order valence-corrected chi connectivity index (χ1v) is 9.38. The number of nitrogens with one attached hydrogen (secondary N) is 1. The minimum Gasteiger partial charge on any atom is -0.399 e. The molecule has 10 heteroatoms. The zero-order valence-electron chi connectivity index (χ0n) is 10.8. The Balaban J connectivity index is 2.24. The van der Waals surface area contributed by atoms with E-state index in [1.807, 2.05) is 0 Å². The lowest BCUT2D eigenvalue weighted by Gasteiger charge is -2.23. The van der Waals surface area contributed by atoms with Crippen molar-refractivity contribution in [2.75, 3.05) is 17.2 Å². The topological polar surface area (TPSA) is 106 Å². The first-order chi connectivity index (χ1) is 9.61. The molecule has 1 aliphatic heterocycles. The molecule has 118 valence electrons. The third kappa shape index (κ3) is 3.69. The van der Waals surface area contributed by atoms with E-state index >= 15 is 0 Å². The molecular formula is C11H14F2N2O4S2. The summed E-state index contributed by atoms with van der Waals surface area (Å²) in [5, 5.41) is 0. The Kier molecular flexibility index (Phi) is 4.22. The molecule has 6 nitrogen and oxygen atoms in total. The van der Waals surface area contributed by atoms with Crippen molar-refractivity contribution in [1.82, 2.24) is 4.72 Å². The van der Waals surface area contributed by atoms with Crippen LogP contribution in [0.1, 0.15) is 12.8 Å². The van der Waals surface area contributed by atoms with Gasteiger partial charge in [0.15, 0.2) is 4.90 Å². The molecule has 0 unspecified atom stereocenters. The van der Waals surface area contributed by atoms with Crippen LogP contribution in [0.2, 0.25) is 0 Å². The molecule has 2 rings (SSSR count). The van der Waals surface area contributed by atoms with Crippen molar-refractivity contribution in [3.05, 3.63) is 23.8 Å². The third-order valence-electron chi connectivity index (χ3n) is 3.17. The minimum atomic E-state index is -4.43. The molecular weight excluding hydrogens is 326 g/mol. The standard InChI is InChI=1S/C11H14F2N2O4S2/c12-9-5-7(14)6-10(13)11(9)21(18,19)15-8-1-3-20(16,17)4-2-8/h5-6,8,15H,1-4,14H2. The Hall–Kier alpha value is -1.26. The van der Waals surface area contributed by atoms with Crippen LogP contribution in [0.25, 0.3) is 0 Å². The lowest BCUT2D eigenvalue weighted by Crippen LogP contribution is -2.41. The number of halogens is 2. The number of hydrogen-bond donors (Lipinski definition) is 2. The molecule has 0 aromatic heterocycles. The average molecular weight is 340 g/mol. The van der Waals surface area contributed by atoms with Gasteiger partial charge in [0.05, 0.1) is 11.5 Å². The van der Waals surface area contributed by atoms with E-state index in [1.54, 1.807) is 0 Å². The van der Waals surface area contributed by atoms with Crippen LogP contribution in [0.15, 0.2) is 17.0 Å². The van der Waals surface area contributed by atoms with E-state index in [0.717, 1.165) is 0 Å². The van der Waals surface area contributed by atoms with E-state index in [1.165, 1.54) is 0 Å². The van der Waals surface area contributed by atoms with Crippen LogP contribution < -0.4 is 10.5 Å². The number of sulfonamides is 1. The minimum absolute atomic E-state index is 0.0692. The second-order valence-corrected chi connectivity index (χ2v) is 8.82. The summed E-state index contributed by atoms with van der Waals surface area (Å²) < 4.78 is 76.0. The van der Waals surface area contributed by atoms with E-state index in [9.17, 15) is 25.6 Å².